The van der Waals surface area contributed by atoms with Gasteiger partial charge in [0.2, 0.25) is 0 Å². The van der Waals surface area contributed by atoms with Crippen molar-refractivity contribution in [3.05, 3.63) is 46.0 Å². The second kappa shape index (κ2) is 5.77. The summed E-state index contributed by atoms with van der Waals surface area (Å²) < 4.78 is 1.95. The first-order chi connectivity index (χ1) is 10.2. The summed E-state index contributed by atoms with van der Waals surface area (Å²) in [4.78, 5) is 16.6. The number of hydrogen-bond donors (Lipinski definition) is 0. The van der Waals surface area contributed by atoms with Crippen LogP contribution in [0.15, 0.2) is 29.6 Å². The minimum atomic E-state index is 0.163. The Hall–Kier alpha value is -2.01. The minimum absolute atomic E-state index is 0.163. The second-order valence-electron chi connectivity index (χ2n) is 5.05. The zero-order valence-corrected chi connectivity index (χ0v) is 13.0. The Bertz CT molecular complexity index is 788. The molecular weight excluding hydrogens is 282 g/mol. The van der Waals surface area contributed by atoms with Crippen molar-refractivity contribution in [2.24, 2.45) is 0 Å². The lowest BCUT2D eigenvalue weighted by Gasteiger charge is -1.96. The molecule has 5 heteroatoms. The molecule has 108 valence electrons. The Morgan fingerprint density at radius 2 is 2.10 bits per heavy atom. The maximum atomic E-state index is 12.2. The lowest BCUT2D eigenvalue weighted by Crippen LogP contribution is -2.08. The van der Waals surface area contributed by atoms with Gasteiger partial charge >= 0.3 is 0 Å². The van der Waals surface area contributed by atoms with E-state index in [2.05, 4.69) is 17.0 Å². The van der Waals surface area contributed by atoms with Crippen LogP contribution < -0.4 is 0 Å². The van der Waals surface area contributed by atoms with E-state index in [9.17, 15) is 4.79 Å². The molecule has 0 radical (unpaired) electrons. The normalized spacial score (nSPS) is 11.1. The molecule has 2 heterocycles. The van der Waals surface area contributed by atoms with E-state index in [1.165, 1.54) is 0 Å². The largest absolute Gasteiger partial charge is 0.299 e. The number of Topliss-reactive ketones (excluding diaryl/α,β-unsaturated/α-hetero) is 1. The van der Waals surface area contributed by atoms with Crippen LogP contribution in [0, 0.1) is 6.92 Å². The number of aryl methyl sites for hydroxylation is 2. The van der Waals surface area contributed by atoms with Gasteiger partial charge in [0.05, 0.1) is 24.1 Å². The Kier molecular flexibility index (Phi) is 3.84. The third-order valence-electron chi connectivity index (χ3n) is 3.41. The molecule has 0 amide bonds. The van der Waals surface area contributed by atoms with E-state index in [1.54, 1.807) is 11.3 Å². The summed E-state index contributed by atoms with van der Waals surface area (Å²) >= 11 is 1.54. The number of carbonyl (C=O) groups is 1. The molecule has 0 atom stereocenters. The summed E-state index contributed by atoms with van der Waals surface area (Å²) in [6, 6.07) is 8.07. The fourth-order valence-electron chi connectivity index (χ4n) is 2.47. The molecule has 4 nitrogen and oxygen atoms in total. The highest BCUT2D eigenvalue weighted by molar-refractivity contribution is 7.09. The van der Waals surface area contributed by atoms with Gasteiger partial charge in [0.25, 0.3) is 0 Å². The third kappa shape index (κ3) is 2.88. The number of rotatable bonds is 5. The SMILES string of the molecule is CCn1nc(CC(=O)Cc2nc(C)cs2)c2ccccc21. The average Bonchev–Trinajstić information content (AvgIpc) is 3.03. The van der Waals surface area contributed by atoms with E-state index in [0.717, 1.165) is 33.8 Å². The number of thiazole rings is 1. The van der Waals surface area contributed by atoms with Gasteiger partial charge in [0.15, 0.2) is 0 Å². The third-order valence-corrected chi connectivity index (χ3v) is 4.38. The first-order valence-corrected chi connectivity index (χ1v) is 7.92. The fraction of sp³-hybridized carbons (Fsp3) is 0.312. The zero-order chi connectivity index (χ0) is 14.8. The number of aromatic nitrogens is 3. The van der Waals surface area contributed by atoms with Crippen molar-refractivity contribution < 1.29 is 4.79 Å². The molecule has 2 aromatic heterocycles. The molecule has 0 fully saturated rings. The van der Waals surface area contributed by atoms with Crippen molar-refractivity contribution in [3.8, 4) is 0 Å². The maximum Gasteiger partial charge on any atom is 0.145 e. The summed E-state index contributed by atoms with van der Waals surface area (Å²) in [5.41, 5.74) is 2.93. The Morgan fingerprint density at radius 3 is 2.81 bits per heavy atom. The molecule has 0 saturated carbocycles. The van der Waals surface area contributed by atoms with Crippen LogP contribution in [0.2, 0.25) is 0 Å². The standard InChI is InChI=1S/C16H17N3OS/c1-3-19-15-7-5-4-6-13(15)14(18-19)8-12(20)9-16-17-11(2)10-21-16/h4-7,10H,3,8-9H2,1-2H3. The van der Waals surface area contributed by atoms with Gasteiger partial charge < -0.3 is 0 Å². The number of carbonyl (C=O) groups excluding carboxylic acids is 1. The van der Waals surface area contributed by atoms with Gasteiger partial charge in [-0.1, -0.05) is 18.2 Å². The smallest absolute Gasteiger partial charge is 0.145 e. The molecule has 3 rings (SSSR count). The van der Waals surface area contributed by atoms with E-state index >= 15 is 0 Å². The van der Waals surface area contributed by atoms with Gasteiger partial charge in [0.1, 0.15) is 10.8 Å². The molecule has 0 aliphatic carbocycles. The number of benzene rings is 1. The Labute approximate surface area is 127 Å². The molecule has 0 aliphatic rings. The quantitative estimate of drug-likeness (QED) is 0.727. The summed E-state index contributed by atoms with van der Waals surface area (Å²) in [7, 11) is 0. The molecule has 1 aromatic carbocycles. The monoisotopic (exact) mass is 299 g/mol. The van der Waals surface area contributed by atoms with Crippen molar-refractivity contribution in [1.82, 2.24) is 14.8 Å². The van der Waals surface area contributed by atoms with Gasteiger partial charge in [-0.05, 0) is 19.9 Å². The summed E-state index contributed by atoms with van der Waals surface area (Å²) in [6.07, 6.45) is 0.762. The molecule has 0 N–H and O–H groups in total. The van der Waals surface area contributed by atoms with Crippen molar-refractivity contribution >= 4 is 28.0 Å². The highest BCUT2D eigenvalue weighted by atomic mass is 32.1. The molecule has 0 saturated heterocycles. The van der Waals surface area contributed by atoms with Crippen molar-refractivity contribution in [1.29, 1.82) is 0 Å². The van der Waals surface area contributed by atoms with Gasteiger partial charge in [-0.25, -0.2) is 4.98 Å². The van der Waals surface area contributed by atoms with Crippen LogP contribution >= 0.6 is 11.3 Å². The number of hydrogen-bond acceptors (Lipinski definition) is 4. The van der Waals surface area contributed by atoms with E-state index in [-0.39, 0.29) is 5.78 Å². The van der Waals surface area contributed by atoms with Crippen LogP contribution in [0.4, 0.5) is 0 Å². The fourth-order valence-corrected chi connectivity index (χ4v) is 3.27. The minimum Gasteiger partial charge on any atom is -0.299 e. The van der Waals surface area contributed by atoms with Gasteiger partial charge in [-0.15, -0.1) is 11.3 Å². The van der Waals surface area contributed by atoms with Gasteiger partial charge in [-0.3, -0.25) is 9.48 Å². The van der Waals surface area contributed by atoms with E-state index in [4.69, 9.17) is 0 Å². The highest BCUT2D eigenvalue weighted by Gasteiger charge is 2.14. The lowest BCUT2D eigenvalue weighted by molar-refractivity contribution is -0.117. The second-order valence-corrected chi connectivity index (χ2v) is 6.00. The lowest BCUT2D eigenvalue weighted by atomic mass is 10.1. The maximum absolute atomic E-state index is 12.2. The summed E-state index contributed by atoms with van der Waals surface area (Å²) in [5.74, 6) is 0.163. The zero-order valence-electron chi connectivity index (χ0n) is 12.2. The van der Waals surface area contributed by atoms with Crippen molar-refractivity contribution in [2.75, 3.05) is 0 Å². The van der Waals surface area contributed by atoms with Crippen LogP contribution in [0.25, 0.3) is 10.9 Å². The van der Waals surface area contributed by atoms with Gasteiger partial charge in [-0.2, -0.15) is 5.10 Å². The first-order valence-electron chi connectivity index (χ1n) is 7.04. The van der Waals surface area contributed by atoms with Crippen molar-refractivity contribution in [3.63, 3.8) is 0 Å². The van der Waals surface area contributed by atoms with Crippen LogP contribution in [-0.4, -0.2) is 20.5 Å². The number of nitrogens with zero attached hydrogens (tertiary/aromatic N) is 3. The van der Waals surface area contributed by atoms with Crippen molar-refractivity contribution in [2.45, 2.75) is 33.2 Å². The first kappa shape index (κ1) is 13.9. The van der Waals surface area contributed by atoms with Gasteiger partial charge in [0, 0.05) is 23.0 Å². The van der Waals surface area contributed by atoms with E-state index < -0.39 is 0 Å². The topological polar surface area (TPSA) is 47.8 Å². The average molecular weight is 299 g/mol. The van der Waals surface area contributed by atoms with Crippen LogP contribution in [0.3, 0.4) is 0 Å². The predicted octanol–water partition coefficient (Wildman–Crippen LogP) is 3.18. The summed E-state index contributed by atoms with van der Waals surface area (Å²) in [5, 5.41) is 8.51. The van der Waals surface area contributed by atoms with E-state index in [1.807, 2.05) is 41.3 Å². The number of para-hydroxylation sites is 1. The summed E-state index contributed by atoms with van der Waals surface area (Å²) in [6.45, 7) is 4.81. The van der Waals surface area contributed by atoms with Crippen LogP contribution in [-0.2, 0) is 24.2 Å². The number of fused-ring (bicyclic) bond motifs is 1. The molecular formula is C16H17N3OS. The molecule has 0 aliphatic heterocycles. The molecule has 0 unspecified atom stereocenters. The Morgan fingerprint density at radius 1 is 1.29 bits per heavy atom. The van der Waals surface area contributed by atoms with Crippen LogP contribution in [0.5, 0.6) is 0 Å². The van der Waals surface area contributed by atoms with E-state index in [0.29, 0.717) is 12.8 Å². The Balaban J connectivity index is 1.83. The highest BCUT2D eigenvalue weighted by Crippen LogP contribution is 2.20. The molecule has 21 heavy (non-hydrogen) atoms. The molecule has 3 aromatic rings. The number of ketones is 1. The van der Waals surface area contributed by atoms with Crippen LogP contribution in [0.1, 0.15) is 23.3 Å². The molecule has 0 spiro atoms. The predicted molar refractivity (Wildman–Crippen MR) is 84.7 cm³/mol. The molecule has 0 bridgehead atoms.